The molecule has 4 heteroatoms. The number of hydrogen-bond donors (Lipinski definition) is 2. The zero-order valence-corrected chi connectivity index (χ0v) is 10.8. The van der Waals surface area contributed by atoms with Gasteiger partial charge in [-0.15, -0.1) is 0 Å². The number of rotatable bonds is 2. The Morgan fingerprint density at radius 3 is 2.80 bits per heavy atom. The van der Waals surface area contributed by atoms with Gasteiger partial charge in [-0.25, -0.2) is 0 Å². The molecule has 0 spiro atoms. The van der Waals surface area contributed by atoms with Crippen LogP contribution < -0.4 is 4.74 Å². The summed E-state index contributed by atoms with van der Waals surface area (Å²) >= 11 is 0. The van der Waals surface area contributed by atoms with Crippen molar-refractivity contribution in [3.63, 3.8) is 0 Å². The van der Waals surface area contributed by atoms with Gasteiger partial charge in [-0.2, -0.15) is 5.26 Å². The Morgan fingerprint density at radius 2 is 2.05 bits per heavy atom. The topological polar surface area (TPSA) is 69.0 Å². The summed E-state index contributed by atoms with van der Waals surface area (Å²) in [5.74, 6) is 0.868. The van der Waals surface area contributed by atoms with E-state index in [0.717, 1.165) is 22.5 Å². The number of nitriles is 1. The summed E-state index contributed by atoms with van der Waals surface area (Å²) in [7, 11) is 1.62. The molecule has 2 N–H and O–H groups in total. The molecule has 0 saturated heterocycles. The van der Waals surface area contributed by atoms with Gasteiger partial charge in [0.05, 0.1) is 24.3 Å². The number of benzene rings is 2. The Hall–Kier alpha value is -2.93. The van der Waals surface area contributed by atoms with Crippen molar-refractivity contribution in [3.05, 3.63) is 48.0 Å². The van der Waals surface area contributed by atoms with E-state index in [9.17, 15) is 5.11 Å². The molecule has 0 fully saturated rings. The Morgan fingerprint density at radius 1 is 1.20 bits per heavy atom. The van der Waals surface area contributed by atoms with Gasteiger partial charge in [0.1, 0.15) is 11.5 Å². The van der Waals surface area contributed by atoms with E-state index in [0.29, 0.717) is 10.9 Å². The molecule has 1 aromatic heterocycles. The van der Waals surface area contributed by atoms with Crippen molar-refractivity contribution < 1.29 is 9.84 Å². The predicted molar refractivity (Wildman–Crippen MR) is 76.7 cm³/mol. The predicted octanol–water partition coefficient (Wildman–Crippen LogP) is 3.42. The first-order valence-electron chi connectivity index (χ1n) is 6.11. The lowest BCUT2D eigenvalue weighted by atomic mass is 10.1. The maximum atomic E-state index is 9.95. The molecule has 0 saturated carbocycles. The van der Waals surface area contributed by atoms with E-state index in [1.54, 1.807) is 13.2 Å². The van der Waals surface area contributed by atoms with Crippen LogP contribution in [0.4, 0.5) is 0 Å². The minimum Gasteiger partial charge on any atom is -0.507 e. The molecule has 98 valence electrons. The number of aromatic amines is 1. The first kappa shape index (κ1) is 12.1. The van der Waals surface area contributed by atoms with Crippen LogP contribution in [0.5, 0.6) is 11.5 Å². The molecule has 0 aliphatic heterocycles. The van der Waals surface area contributed by atoms with Crippen LogP contribution in [0.2, 0.25) is 0 Å². The average Bonchev–Trinajstić information content (AvgIpc) is 2.92. The normalized spacial score (nSPS) is 10.4. The van der Waals surface area contributed by atoms with Gasteiger partial charge in [-0.3, -0.25) is 0 Å². The van der Waals surface area contributed by atoms with Crippen LogP contribution in [0, 0.1) is 11.3 Å². The molecule has 2 aromatic carbocycles. The van der Waals surface area contributed by atoms with Crippen LogP contribution in [0.1, 0.15) is 5.56 Å². The van der Waals surface area contributed by atoms with Gasteiger partial charge in [0.25, 0.3) is 0 Å². The standard InChI is InChI=1S/C16H12N2O2/c1-20-12-4-2-3-11(7-12)14-8-13-15(18-14)5-10(9-17)6-16(13)19/h2-8,18-19H,1H3. The maximum absolute atomic E-state index is 9.95. The van der Waals surface area contributed by atoms with Crippen molar-refractivity contribution >= 4 is 10.9 Å². The highest BCUT2D eigenvalue weighted by molar-refractivity contribution is 5.91. The third kappa shape index (κ3) is 1.95. The molecule has 0 atom stereocenters. The van der Waals surface area contributed by atoms with E-state index >= 15 is 0 Å². The van der Waals surface area contributed by atoms with Gasteiger partial charge in [-0.1, -0.05) is 12.1 Å². The molecule has 0 unspecified atom stereocenters. The van der Waals surface area contributed by atoms with Crippen LogP contribution in [0.3, 0.4) is 0 Å². The van der Waals surface area contributed by atoms with Crippen molar-refractivity contribution in [2.75, 3.05) is 7.11 Å². The molecule has 0 amide bonds. The monoisotopic (exact) mass is 264 g/mol. The van der Waals surface area contributed by atoms with E-state index in [-0.39, 0.29) is 5.75 Å². The number of H-pyrrole nitrogens is 1. The largest absolute Gasteiger partial charge is 0.507 e. The van der Waals surface area contributed by atoms with Crippen LogP contribution in [-0.2, 0) is 0 Å². The van der Waals surface area contributed by atoms with E-state index in [1.807, 2.05) is 36.4 Å². The lowest BCUT2D eigenvalue weighted by Crippen LogP contribution is -1.83. The number of methoxy groups -OCH3 is 1. The second-order valence-electron chi connectivity index (χ2n) is 4.48. The second-order valence-corrected chi connectivity index (χ2v) is 4.48. The molecule has 0 aliphatic rings. The molecule has 3 rings (SSSR count). The highest BCUT2D eigenvalue weighted by atomic mass is 16.5. The zero-order valence-electron chi connectivity index (χ0n) is 10.8. The van der Waals surface area contributed by atoms with E-state index < -0.39 is 0 Å². The Labute approximate surface area is 115 Å². The van der Waals surface area contributed by atoms with E-state index in [4.69, 9.17) is 10.00 Å². The highest BCUT2D eigenvalue weighted by Gasteiger charge is 2.09. The minimum absolute atomic E-state index is 0.101. The van der Waals surface area contributed by atoms with Gasteiger partial charge in [0.15, 0.2) is 0 Å². The fraction of sp³-hybridized carbons (Fsp3) is 0.0625. The summed E-state index contributed by atoms with van der Waals surface area (Å²) in [4.78, 5) is 3.21. The third-order valence-corrected chi connectivity index (χ3v) is 3.23. The van der Waals surface area contributed by atoms with Gasteiger partial charge < -0.3 is 14.8 Å². The summed E-state index contributed by atoms with van der Waals surface area (Å²) in [6.07, 6.45) is 0. The first-order valence-corrected chi connectivity index (χ1v) is 6.11. The highest BCUT2D eigenvalue weighted by Crippen LogP contribution is 2.32. The lowest BCUT2D eigenvalue weighted by molar-refractivity contribution is 0.415. The fourth-order valence-electron chi connectivity index (χ4n) is 2.23. The number of fused-ring (bicyclic) bond motifs is 1. The number of nitrogens with zero attached hydrogens (tertiary/aromatic N) is 1. The molecular formula is C16H12N2O2. The molecular weight excluding hydrogens is 252 g/mol. The smallest absolute Gasteiger partial charge is 0.126 e. The van der Waals surface area contributed by atoms with Crippen molar-refractivity contribution in [3.8, 4) is 28.8 Å². The van der Waals surface area contributed by atoms with Crippen molar-refractivity contribution in [2.24, 2.45) is 0 Å². The Bertz CT molecular complexity index is 828. The number of aromatic nitrogens is 1. The van der Waals surface area contributed by atoms with Crippen molar-refractivity contribution in [2.45, 2.75) is 0 Å². The van der Waals surface area contributed by atoms with Gasteiger partial charge >= 0.3 is 0 Å². The van der Waals surface area contributed by atoms with Crippen LogP contribution in [-0.4, -0.2) is 17.2 Å². The van der Waals surface area contributed by atoms with Gasteiger partial charge in [0, 0.05) is 16.6 Å². The molecule has 1 heterocycles. The summed E-state index contributed by atoms with van der Waals surface area (Å²) in [5.41, 5.74) is 2.98. The summed E-state index contributed by atoms with van der Waals surface area (Å²) in [5, 5.41) is 19.6. The zero-order chi connectivity index (χ0) is 14.1. The number of ether oxygens (including phenoxy) is 1. The molecule has 3 aromatic rings. The van der Waals surface area contributed by atoms with Crippen LogP contribution in [0.15, 0.2) is 42.5 Å². The molecule has 0 aliphatic carbocycles. The molecule has 4 nitrogen and oxygen atoms in total. The Kier molecular flexibility index (Phi) is 2.81. The molecule has 0 bridgehead atoms. The van der Waals surface area contributed by atoms with Crippen molar-refractivity contribution in [1.82, 2.24) is 4.98 Å². The quantitative estimate of drug-likeness (QED) is 0.745. The number of hydrogen-bond acceptors (Lipinski definition) is 3. The minimum atomic E-state index is 0.101. The number of aromatic hydroxyl groups is 1. The number of phenolic OH excluding ortho intramolecular Hbond substituents is 1. The first-order chi connectivity index (χ1) is 9.71. The SMILES string of the molecule is COc1cccc(-c2cc3c(O)cc(C#N)cc3[nH]2)c1. The van der Waals surface area contributed by atoms with E-state index in [1.165, 1.54) is 6.07 Å². The second kappa shape index (κ2) is 4.63. The van der Waals surface area contributed by atoms with Crippen LogP contribution >= 0.6 is 0 Å². The van der Waals surface area contributed by atoms with E-state index in [2.05, 4.69) is 4.98 Å². The Balaban J connectivity index is 2.18. The third-order valence-electron chi connectivity index (χ3n) is 3.23. The van der Waals surface area contributed by atoms with Crippen LogP contribution in [0.25, 0.3) is 22.2 Å². The molecule has 0 radical (unpaired) electrons. The number of nitrogens with one attached hydrogen (secondary N) is 1. The lowest BCUT2D eigenvalue weighted by Gasteiger charge is -2.02. The van der Waals surface area contributed by atoms with Gasteiger partial charge in [0.2, 0.25) is 0 Å². The summed E-state index contributed by atoms with van der Waals surface area (Å²) in [6.45, 7) is 0. The number of phenols is 1. The summed E-state index contributed by atoms with van der Waals surface area (Å²) < 4.78 is 5.20. The summed E-state index contributed by atoms with van der Waals surface area (Å²) in [6, 6.07) is 14.7. The fourth-order valence-corrected chi connectivity index (χ4v) is 2.23. The van der Waals surface area contributed by atoms with Crippen molar-refractivity contribution in [1.29, 1.82) is 5.26 Å². The average molecular weight is 264 g/mol. The molecule has 20 heavy (non-hydrogen) atoms. The maximum Gasteiger partial charge on any atom is 0.126 e. The van der Waals surface area contributed by atoms with Gasteiger partial charge in [-0.05, 0) is 30.3 Å².